The van der Waals surface area contributed by atoms with Gasteiger partial charge in [-0.1, -0.05) is 18.2 Å². The fourth-order valence-corrected chi connectivity index (χ4v) is 3.33. The van der Waals surface area contributed by atoms with E-state index < -0.39 is 0 Å². The van der Waals surface area contributed by atoms with E-state index in [1.165, 1.54) is 40.6 Å². The molecule has 0 saturated carbocycles. The fourth-order valence-electron chi connectivity index (χ4n) is 3.33. The SMILES string of the molecule is Cc1c(C2CCCN2)n(C)c2c(C)cccc12. The van der Waals surface area contributed by atoms with Crippen molar-refractivity contribution >= 4 is 10.9 Å². The first-order valence-electron chi connectivity index (χ1n) is 6.48. The van der Waals surface area contributed by atoms with Gasteiger partial charge in [-0.25, -0.2) is 0 Å². The lowest BCUT2D eigenvalue weighted by Crippen LogP contribution is -2.16. The molecule has 0 aliphatic carbocycles. The van der Waals surface area contributed by atoms with Crippen molar-refractivity contribution in [2.24, 2.45) is 7.05 Å². The quantitative estimate of drug-likeness (QED) is 0.793. The van der Waals surface area contributed by atoms with Crippen LogP contribution in [0, 0.1) is 13.8 Å². The highest BCUT2D eigenvalue weighted by atomic mass is 15.0. The van der Waals surface area contributed by atoms with Crippen molar-refractivity contribution in [1.82, 2.24) is 9.88 Å². The van der Waals surface area contributed by atoms with Gasteiger partial charge in [-0.05, 0) is 44.4 Å². The normalized spacial score (nSPS) is 20.3. The van der Waals surface area contributed by atoms with E-state index in [9.17, 15) is 0 Å². The Kier molecular flexibility index (Phi) is 2.48. The first kappa shape index (κ1) is 10.8. The summed E-state index contributed by atoms with van der Waals surface area (Å²) < 4.78 is 2.39. The van der Waals surface area contributed by atoms with Crippen molar-refractivity contribution in [3.8, 4) is 0 Å². The van der Waals surface area contributed by atoms with Gasteiger partial charge in [-0.3, -0.25) is 0 Å². The summed E-state index contributed by atoms with van der Waals surface area (Å²) in [4.78, 5) is 0. The molecular weight excluding hydrogens is 208 g/mol. The molecular formula is C15H20N2. The highest BCUT2D eigenvalue weighted by Crippen LogP contribution is 2.33. The van der Waals surface area contributed by atoms with E-state index in [1.807, 2.05) is 0 Å². The van der Waals surface area contributed by atoms with E-state index in [-0.39, 0.29) is 0 Å². The molecule has 0 amide bonds. The molecule has 0 bridgehead atoms. The van der Waals surface area contributed by atoms with Crippen LogP contribution in [-0.4, -0.2) is 11.1 Å². The standard InChI is InChI=1S/C15H20N2/c1-10-6-4-7-12-11(2)15(17(3)14(10)12)13-8-5-9-16-13/h4,6-7,13,16H,5,8-9H2,1-3H3. The van der Waals surface area contributed by atoms with Crippen molar-refractivity contribution in [1.29, 1.82) is 0 Å². The Balaban J connectivity index is 2.28. The number of hydrogen-bond acceptors (Lipinski definition) is 1. The smallest absolute Gasteiger partial charge is 0.0512 e. The molecule has 1 saturated heterocycles. The monoisotopic (exact) mass is 228 g/mol. The fraction of sp³-hybridized carbons (Fsp3) is 0.467. The Morgan fingerprint density at radius 2 is 2.12 bits per heavy atom. The molecule has 1 aliphatic heterocycles. The zero-order valence-electron chi connectivity index (χ0n) is 10.9. The van der Waals surface area contributed by atoms with Crippen LogP contribution in [0.15, 0.2) is 18.2 Å². The Morgan fingerprint density at radius 1 is 1.29 bits per heavy atom. The maximum absolute atomic E-state index is 3.61. The van der Waals surface area contributed by atoms with Gasteiger partial charge < -0.3 is 9.88 Å². The van der Waals surface area contributed by atoms with Gasteiger partial charge in [0.05, 0.1) is 5.52 Å². The van der Waals surface area contributed by atoms with E-state index in [0.717, 1.165) is 6.54 Å². The first-order valence-corrected chi connectivity index (χ1v) is 6.48. The van der Waals surface area contributed by atoms with E-state index in [4.69, 9.17) is 0 Å². The summed E-state index contributed by atoms with van der Waals surface area (Å²) in [6.07, 6.45) is 2.56. The van der Waals surface area contributed by atoms with Crippen LogP contribution in [0.4, 0.5) is 0 Å². The summed E-state index contributed by atoms with van der Waals surface area (Å²) >= 11 is 0. The van der Waals surface area contributed by atoms with Crippen LogP contribution in [0.3, 0.4) is 0 Å². The lowest BCUT2D eigenvalue weighted by Gasteiger charge is -2.14. The predicted octanol–water partition coefficient (Wildman–Crippen LogP) is 3.22. The van der Waals surface area contributed by atoms with Crippen LogP contribution in [0.2, 0.25) is 0 Å². The number of para-hydroxylation sites is 1. The number of aromatic nitrogens is 1. The Labute approximate surface area is 103 Å². The van der Waals surface area contributed by atoms with E-state index in [0.29, 0.717) is 6.04 Å². The first-order chi connectivity index (χ1) is 8.20. The Hall–Kier alpha value is -1.28. The number of nitrogens with zero attached hydrogens (tertiary/aromatic N) is 1. The maximum Gasteiger partial charge on any atom is 0.0512 e. The second-order valence-corrected chi connectivity index (χ2v) is 5.19. The van der Waals surface area contributed by atoms with Crippen LogP contribution in [0.5, 0.6) is 0 Å². The number of rotatable bonds is 1. The van der Waals surface area contributed by atoms with Crippen LogP contribution < -0.4 is 5.32 Å². The number of benzene rings is 1. The molecule has 1 fully saturated rings. The van der Waals surface area contributed by atoms with Crippen LogP contribution in [0.25, 0.3) is 10.9 Å². The topological polar surface area (TPSA) is 17.0 Å². The molecule has 1 aromatic heterocycles. The molecule has 0 spiro atoms. The highest BCUT2D eigenvalue weighted by molar-refractivity contribution is 5.88. The number of hydrogen-bond donors (Lipinski definition) is 1. The zero-order chi connectivity index (χ0) is 12.0. The van der Waals surface area contributed by atoms with Gasteiger partial charge in [-0.15, -0.1) is 0 Å². The third-order valence-electron chi connectivity index (χ3n) is 4.11. The van der Waals surface area contributed by atoms with Crippen LogP contribution >= 0.6 is 0 Å². The third-order valence-corrected chi connectivity index (χ3v) is 4.11. The molecule has 1 aromatic carbocycles. The van der Waals surface area contributed by atoms with Gasteiger partial charge in [0.25, 0.3) is 0 Å². The summed E-state index contributed by atoms with van der Waals surface area (Å²) in [6, 6.07) is 7.16. The highest BCUT2D eigenvalue weighted by Gasteiger charge is 2.23. The molecule has 1 unspecified atom stereocenters. The summed E-state index contributed by atoms with van der Waals surface area (Å²) in [7, 11) is 2.21. The molecule has 1 N–H and O–H groups in total. The van der Waals surface area contributed by atoms with Crippen molar-refractivity contribution < 1.29 is 0 Å². The molecule has 2 heteroatoms. The Bertz CT molecular complexity index is 560. The van der Waals surface area contributed by atoms with Gasteiger partial charge in [0.2, 0.25) is 0 Å². The van der Waals surface area contributed by atoms with Crippen molar-refractivity contribution in [2.75, 3.05) is 6.54 Å². The second kappa shape index (κ2) is 3.88. The second-order valence-electron chi connectivity index (χ2n) is 5.19. The van der Waals surface area contributed by atoms with E-state index in [1.54, 1.807) is 0 Å². The minimum atomic E-state index is 0.548. The third kappa shape index (κ3) is 1.51. The average molecular weight is 228 g/mol. The van der Waals surface area contributed by atoms with Gasteiger partial charge in [-0.2, -0.15) is 0 Å². The molecule has 1 atom stereocenters. The number of fused-ring (bicyclic) bond motifs is 1. The largest absolute Gasteiger partial charge is 0.346 e. The number of nitrogens with one attached hydrogen (secondary N) is 1. The van der Waals surface area contributed by atoms with Crippen molar-refractivity contribution in [2.45, 2.75) is 32.7 Å². The summed E-state index contributed by atoms with van der Waals surface area (Å²) in [5.74, 6) is 0. The van der Waals surface area contributed by atoms with Crippen molar-refractivity contribution in [3.05, 3.63) is 35.0 Å². The minimum absolute atomic E-state index is 0.548. The molecule has 0 radical (unpaired) electrons. The molecule has 90 valence electrons. The minimum Gasteiger partial charge on any atom is -0.346 e. The van der Waals surface area contributed by atoms with Gasteiger partial charge in [0, 0.05) is 24.2 Å². The van der Waals surface area contributed by atoms with Gasteiger partial charge in [0.1, 0.15) is 0 Å². The molecule has 3 rings (SSSR count). The molecule has 1 aliphatic rings. The summed E-state index contributed by atoms with van der Waals surface area (Å²) in [6.45, 7) is 5.62. The van der Waals surface area contributed by atoms with Gasteiger partial charge >= 0.3 is 0 Å². The summed E-state index contributed by atoms with van der Waals surface area (Å²) in [5.41, 5.74) is 5.70. The maximum atomic E-state index is 3.61. The molecule has 17 heavy (non-hydrogen) atoms. The number of aryl methyl sites for hydroxylation is 3. The van der Waals surface area contributed by atoms with E-state index in [2.05, 4.69) is 49.0 Å². The zero-order valence-corrected chi connectivity index (χ0v) is 10.9. The van der Waals surface area contributed by atoms with Crippen LogP contribution in [-0.2, 0) is 7.05 Å². The Morgan fingerprint density at radius 3 is 2.76 bits per heavy atom. The predicted molar refractivity (Wildman–Crippen MR) is 72.4 cm³/mol. The lowest BCUT2D eigenvalue weighted by atomic mass is 10.1. The van der Waals surface area contributed by atoms with Crippen molar-refractivity contribution in [3.63, 3.8) is 0 Å². The van der Waals surface area contributed by atoms with Crippen LogP contribution in [0.1, 0.15) is 35.7 Å². The summed E-state index contributed by atoms with van der Waals surface area (Å²) in [5, 5.41) is 5.03. The lowest BCUT2D eigenvalue weighted by molar-refractivity contribution is 0.600. The molecule has 2 heterocycles. The molecule has 2 nitrogen and oxygen atoms in total. The van der Waals surface area contributed by atoms with Gasteiger partial charge in [0.15, 0.2) is 0 Å². The molecule has 2 aromatic rings. The average Bonchev–Trinajstić information content (AvgIpc) is 2.88. The van der Waals surface area contributed by atoms with E-state index >= 15 is 0 Å².